The van der Waals surface area contributed by atoms with Crippen LogP contribution in [-0.4, -0.2) is 4.98 Å². The van der Waals surface area contributed by atoms with E-state index in [0.29, 0.717) is 0 Å². The average molecular weight is 268 g/mol. The number of hydrogen-bond acceptors (Lipinski definition) is 1. The van der Waals surface area contributed by atoms with Crippen molar-refractivity contribution in [3.8, 4) is 0 Å². The first-order valence-corrected chi connectivity index (χ1v) is 6.77. The normalized spacial score (nSPS) is 12.7. The van der Waals surface area contributed by atoms with E-state index in [1.807, 2.05) is 19.2 Å². The molecule has 0 fully saturated rings. The molecule has 0 aliphatic carbocycles. The molecular weight excluding hydrogens is 251 g/mol. The minimum Gasteiger partial charge on any atom is -0.361 e. The monoisotopic (exact) mass is 268 g/mol. The maximum absolute atomic E-state index is 13.2. The fourth-order valence-electron chi connectivity index (χ4n) is 2.38. The molecule has 0 aliphatic rings. The Kier molecular flexibility index (Phi) is 3.52. The highest BCUT2D eigenvalue weighted by atomic mass is 19.1. The van der Waals surface area contributed by atoms with Gasteiger partial charge in [-0.05, 0) is 53.8 Å². The van der Waals surface area contributed by atoms with Crippen molar-refractivity contribution in [1.82, 2.24) is 10.3 Å². The van der Waals surface area contributed by atoms with Crippen molar-refractivity contribution in [1.29, 1.82) is 0 Å². The third kappa shape index (κ3) is 2.73. The second-order valence-electron chi connectivity index (χ2n) is 5.06. The van der Waals surface area contributed by atoms with Gasteiger partial charge in [-0.25, -0.2) is 4.39 Å². The van der Waals surface area contributed by atoms with Crippen molar-refractivity contribution in [2.75, 3.05) is 0 Å². The summed E-state index contributed by atoms with van der Waals surface area (Å²) in [6.07, 6.45) is 1.94. The Morgan fingerprint density at radius 3 is 2.90 bits per heavy atom. The molecule has 0 amide bonds. The number of rotatable bonds is 4. The van der Waals surface area contributed by atoms with Gasteiger partial charge in [-0.15, -0.1) is 0 Å². The Balaban J connectivity index is 1.69. The minimum absolute atomic E-state index is 0.118. The summed E-state index contributed by atoms with van der Waals surface area (Å²) in [4.78, 5) is 3.18. The molecule has 102 valence electrons. The maximum Gasteiger partial charge on any atom is 0.123 e. The van der Waals surface area contributed by atoms with Gasteiger partial charge in [-0.3, -0.25) is 0 Å². The smallest absolute Gasteiger partial charge is 0.123 e. The molecule has 0 spiro atoms. The van der Waals surface area contributed by atoms with Gasteiger partial charge < -0.3 is 10.3 Å². The van der Waals surface area contributed by atoms with E-state index in [-0.39, 0.29) is 11.9 Å². The number of aromatic amines is 1. The number of halogens is 1. The maximum atomic E-state index is 13.2. The highest BCUT2D eigenvalue weighted by molar-refractivity contribution is 5.79. The van der Waals surface area contributed by atoms with Crippen molar-refractivity contribution >= 4 is 10.9 Å². The third-order valence-corrected chi connectivity index (χ3v) is 3.58. The molecule has 0 aliphatic heterocycles. The summed E-state index contributed by atoms with van der Waals surface area (Å²) in [5, 5.41) is 4.63. The fourth-order valence-corrected chi connectivity index (χ4v) is 2.38. The highest BCUT2D eigenvalue weighted by Gasteiger charge is 2.06. The molecule has 3 aromatic rings. The average Bonchev–Trinajstić information content (AvgIpc) is 2.92. The molecule has 20 heavy (non-hydrogen) atoms. The summed E-state index contributed by atoms with van der Waals surface area (Å²) in [5.74, 6) is -0.190. The van der Waals surface area contributed by atoms with Crippen molar-refractivity contribution < 1.29 is 4.39 Å². The van der Waals surface area contributed by atoms with Crippen LogP contribution in [0.3, 0.4) is 0 Å². The van der Waals surface area contributed by atoms with Crippen LogP contribution >= 0.6 is 0 Å². The van der Waals surface area contributed by atoms with Gasteiger partial charge in [-0.1, -0.05) is 18.2 Å². The molecular formula is C17H17FN2. The zero-order chi connectivity index (χ0) is 13.9. The molecule has 1 aromatic heterocycles. The molecule has 2 N–H and O–H groups in total. The Bertz CT molecular complexity index is 718. The lowest BCUT2D eigenvalue weighted by Gasteiger charge is -2.14. The Hall–Kier alpha value is -2.13. The van der Waals surface area contributed by atoms with E-state index in [1.54, 1.807) is 12.1 Å². The van der Waals surface area contributed by atoms with Gasteiger partial charge >= 0.3 is 0 Å². The molecule has 0 saturated heterocycles. The van der Waals surface area contributed by atoms with Crippen LogP contribution in [0, 0.1) is 5.82 Å². The Labute approximate surface area is 117 Å². The molecule has 1 heterocycles. The molecule has 2 nitrogen and oxygen atoms in total. The lowest BCUT2D eigenvalue weighted by Crippen LogP contribution is -2.18. The molecule has 3 rings (SSSR count). The number of nitrogens with one attached hydrogen (secondary N) is 2. The SMILES string of the molecule is C[C@@H](NCc1ccc2[nH]ccc2c1)c1cccc(F)c1. The van der Waals surface area contributed by atoms with Gasteiger partial charge in [0, 0.05) is 24.3 Å². The number of benzene rings is 2. The van der Waals surface area contributed by atoms with Crippen LogP contribution in [0.2, 0.25) is 0 Å². The lowest BCUT2D eigenvalue weighted by atomic mass is 10.1. The van der Waals surface area contributed by atoms with E-state index in [9.17, 15) is 4.39 Å². The predicted molar refractivity (Wildman–Crippen MR) is 80.0 cm³/mol. The summed E-state index contributed by atoms with van der Waals surface area (Å²) in [7, 11) is 0. The van der Waals surface area contributed by atoms with Gasteiger partial charge in [0.15, 0.2) is 0 Å². The zero-order valence-corrected chi connectivity index (χ0v) is 11.4. The number of hydrogen-bond donors (Lipinski definition) is 2. The Morgan fingerprint density at radius 1 is 1.15 bits per heavy atom. The third-order valence-electron chi connectivity index (χ3n) is 3.58. The van der Waals surface area contributed by atoms with E-state index in [0.717, 1.165) is 17.6 Å². The van der Waals surface area contributed by atoms with Gasteiger partial charge in [-0.2, -0.15) is 0 Å². The molecule has 3 heteroatoms. The molecule has 0 saturated carbocycles. The minimum atomic E-state index is -0.190. The van der Waals surface area contributed by atoms with E-state index in [1.165, 1.54) is 17.0 Å². The molecule has 0 bridgehead atoms. The van der Waals surface area contributed by atoms with Crippen LogP contribution in [0.5, 0.6) is 0 Å². The van der Waals surface area contributed by atoms with Gasteiger partial charge in [0.2, 0.25) is 0 Å². The lowest BCUT2D eigenvalue weighted by molar-refractivity contribution is 0.565. The summed E-state index contributed by atoms with van der Waals surface area (Å²) in [6.45, 7) is 2.81. The number of H-pyrrole nitrogens is 1. The van der Waals surface area contributed by atoms with Crippen LogP contribution in [0.1, 0.15) is 24.1 Å². The van der Waals surface area contributed by atoms with Crippen molar-refractivity contribution in [3.05, 3.63) is 71.7 Å². The van der Waals surface area contributed by atoms with Crippen LogP contribution in [0.25, 0.3) is 10.9 Å². The molecule has 2 aromatic carbocycles. The Morgan fingerprint density at radius 2 is 2.05 bits per heavy atom. The van der Waals surface area contributed by atoms with Crippen LogP contribution in [-0.2, 0) is 6.54 Å². The highest BCUT2D eigenvalue weighted by Crippen LogP contribution is 2.17. The second kappa shape index (κ2) is 5.47. The first kappa shape index (κ1) is 12.9. The topological polar surface area (TPSA) is 27.8 Å². The molecule has 0 unspecified atom stereocenters. The van der Waals surface area contributed by atoms with E-state index < -0.39 is 0 Å². The number of aromatic nitrogens is 1. The summed E-state index contributed by atoms with van der Waals surface area (Å²) in [5.41, 5.74) is 3.33. The zero-order valence-electron chi connectivity index (χ0n) is 11.4. The largest absolute Gasteiger partial charge is 0.361 e. The summed E-state index contributed by atoms with van der Waals surface area (Å²) in [6, 6.07) is 15.3. The van der Waals surface area contributed by atoms with Crippen LogP contribution in [0.15, 0.2) is 54.7 Å². The molecule has 0 radical (unpaired) electrons. The first-order chi connectivity index (χ1) is 9.72. The first-order valence-electron chi connectivity index (χ1n) is 6.77. The number of fused-ring (bicyclic) bond motifs is 1. The van der Waals surface area contributed by atoms with Gasteiger partial charge in [0.05, 0.1) is 0 Å². The van der Waals surface area contributed by atoms with Crippen LogP contribution < -0.4 is 5.32 Å². The van der Waals surface area contributed by atoms with Crippen molar-refractivity contribution in [2.45, 2.75) is 19.5 Å². The summed E-state index contributed by atoms with van der Waals surface area (Å²) >= 11 is 0. The molecule has 1 atom stereocenters. The fraction of sp³-hybridized carbons (Fsp3) is 0.176. The predicted octanol–water partition coefficient (Wildman–Crippen LogP) is 4.16. The van der Waals surface area contributed by atoms with E-state index >= 15 is 0 Å². The van der Waals surface area contributed by atoms with Crippen LogP contribution in [0.4, 0.5) is 4.39 Å². The standard InChI is InChI=1S/C17H17FN2/c1-12(14-3-2-4-16(18)10-14)20-11-13-5-6-17-15(9-13)7-8-19-17/h2-10,12,19-20H,11H2,1H3/t12-/m1/s1. The van der Waals surface area contributed by atoms with E-state index in [4.69, 9.17) is 0 Å². The van der Waals surface area contributed by atoms with Gasteiger partial charge in [0.25, 0.3) is 0 Å². The second-order valence-corrected chi connectivity index (χ2v) is 5.06. The van der Waals surface area contributed by atoms with Gasteiger partial charge in [0.1, 0.15) is 5.82 Å². The van der Waals surface area contributed by atoms with Crippen molar-refractivity contribution in [2.24, 2.45) is 0 Å². The van der Waals surface area contributed by atoms with Crippen molar-refractivity contribution in [3.63, 3.8) is 0 Å². The quantitative estimate of drug-likeness (QED) is 0.730. The summed E-state index contributed by atoms with van der Waals surface area (Å²) < 4.78 is 13.2. The van der Waals surface area contributed by atoms with E-state index in [2.05, 4.69) is 34.6 Å².